The molecule has 2 rings (SSSR count). The Kier molecular flexibility index (Phi) is 10.6. The summed E-state index contributed by atoms with van der Waals surface area (Å²) in [6, 6.07) is 17.5. The van der Waals surface area contributed by atoms with Gasteiger partial charge in [-0.1, -0.05) is 65.0 Å². The van der Waals surface area contributed by atoms with E-state index in [-0.39, 0.29) is 18.2 Å². The molecule has 0 aliphatic rings. The second-order valence-electron chi connectivity index (χ2n) is 8.80. The van der Waals surface area contributed by atoms with E-state index in [9.17, 15) is 4.79 Å². The molecule has 0 fully saturated rings. The molecule has 0 N–H and O–H groups in total. The summed E-state index contributed by atoms with van der Waals surface area (Å²) in [6.45, 7) is 11.4. The topological polar surface area (TPSA) is 44.8 Å². The Bertz CT molecular complexity index is 753. The van der Waals surface area contributed by atoms with Crippen LogP contribution >= 0.6 is 0 Å². The van der Waals surface area contributed by atoms with Crippen molar-refractivity contribution in [3.05, 3.63) is 60.2 Å². The number of para-hydroxylation sites is 1. The fraction of sp³-hybridized carbons (Fsp3) is 0.519. The highest BCUT2D eigenvalue weighted by atomic mass is 16.7. The van der Waals surface area contributed by atoms with Crippen molar-refractivity contribution in [1.29, 1.82) is 0 Å². The van der Waals surface area contributed by atoms with E-state index < -0.39 is 0 Å². The average molecular weight is 427 g/mol. The van der Waals surface area contributed by atoms with Gasteiger partial charge in [-0.2, -0.15) is 0 Å². The van der Waals surface area contributed by atoms with Crippen molar-refractivity contribution < 1.29 is 19.0 Å². The molecule has 0 radical (unpaired) electrons. The molecule has 170 valence electrons. The molecule has 0 saturated carbocycles. The Morgan fingerprint density at radius 3 is 2.16 bits per heavy atom. The van der Waals surface area contributed by atoms with Gasteiger partial charge in [-0.3, -0.25) is 4.79 Å². The summed E-state index contributed by atoms with van der Waals surface area (Å²) in [5.74, 6) is 2.59. The first kappa shape index (κ1) is 24.9. The average Bonchev–Trinajstić information content (AvgIpc) is 2.75. The Labute approximate surface area is 187 Å². The fourth-order valence-electron chi connectivity index (χ4n) is 3.51. The van der Waals surface area contributed by atoms with Crippen molar-refractivity contribution in [1.82, 2.24) is 0 Å². The molecule has 0 aromatic heterocycles. The van der Waals surface area contributed by atoms with E-state index >= 15 is 0 Å². The molecule has 4 nitrogen and oxygen atoms in total. The van der Waals surface area contributed by atoms with Gasteiger partial charge in [-0.25, -0.2) is 0 Å². The lowest BCUT2D eigenvalue weighted by Gasteiger charge is -2.23. The van der Waals surface area contributed by atoms with Crippen LogP contribution in [0.4, 0.5) is 0 Å². The zero-order valence-electron chi connectivity index (χ0n) is 19.7. The highest BCUT2D eigenvalue weighted by Gasteiger charge is 2.17. The van der Waals surface area contributed by atoms with E-state index in [0.29, 0.717) is 37.0 Å². The Balaban J connectivity index is 1.79. The summed E-state index contributed by atoms with van der Waals surface area (Å²) in [7, 11) is 0. The van der Waals surface area contributed by atoms with Crippen molar-refractivity contribution in [2.24, 2.45) is 11.8 Å². The van der Waals surface area contributed by atoms with Gasteiger partial charge in [0.15, 0.2) is 0 Å². The van der Waals surface area contributed by atoms with Gasteiger partial charge in [-0.05, 0) is 60.9 Å². The van der Waals surface area contributed by atoms with Gasteiger partial charge >= 0.3 is 5.97 Å². The quantitative estimate of drug-likeness (QED) is 0.150. The number of hydrogen-bond donors (Lipinski definition) is 0. The summed E-state index contributed by atoms with van der Waals surface area (Å²) < 4.78 is 17.3. The van der Waals surface area contributed by atoms with Crippen molar-refractivity contribution in [2.45, 2.75) is 72.5 Å². The largest absolute Gasteiger partial charge is 0.465 e. The normalized spacial score (nSPS) is 13.3. The lowest BCUT2D eigenvalue weighted by Crippen LogP contribution is -2.27. The minimum absolute atomic E-state index is 0.195. The molecule has 31 heavy (non-hydrogen) atoms. The molecule has 0 aliphatic carbocycles. The predicted molar refractivity (Wildman–Crippen MR) is 125 cm³/mol. The zero-order chi connectivity index (χ0) is 22.6. The molecule has 0 amide bonds. The number of benzene rings is 2. The SMILES string of the molecule is CCC(CC(C)C)c1ccc(OC(OCCCC(=O)Oc2ccccc2)C(C)C)cc1. The lowest BCUT2D eigenvalue weighted by atomic mass is 9.88. The van der Waals surface area contributed by atoms with Crippen LogP contribution in [0.5, 0.6) is 11.5 Å². The monoisotopic (exact) mass is 426 g/mol. The van der Waals surface area contributed by atoms with Gasteiger partial charge in [0.2, 0.25) is 6.29 Å². The minimum atomic E-state index is -0.353. The summed E-state index contributed by atoms with van der Waals surface area (Å²) in [6.07, 6.45) is 2.88. The third-order valence-electron chi connectivity index (χ3n) is 5.18. The minimum Gasteiger partial charge on any atom is -0.465 e. The van der Waals surface area contributed by atoms with Crippen molar-refractivity contribution >= 4 is 5.97 Å². The molecule has 2 aromatic rings. The molecule has 0 aliphatic heterocycles. The van der Waals surface area contributed by atoms with Gasteiger partial charge in [0.25, 0.3) is 0 Å². The molecular formula is C27H38O4. The summed E-state index contributed by atoms with van der Waals surface area (Å²) in [4.78, 5) is 12.0. The maximum atomic E-state index is 12.0. The second kappa shape index (κ2) is 13.2. The summed E-state index contributed by atoms with van der Waals surface area (Å²) in [5, 5.41) is 0. The molecule has 2 atom stereocenters. The fourth-order valence-corrected chi connectivity index (χ4v) is 3.51. The first-order valence-corrected chi connectivity index (χ1v) is 11.5. The maximum Gasteiger partial charge on any atom is 0.311 e. The number of esters is 1. The molecule has 0 spiro atoms. The molecule has 4 heteroatoms. The van der Waals surface area contributed by atoms with Crippen molar-refractivity contribution in [2.75, 3.05) is 6.61 Å². The highest BCUT2D eigenvalue weighted by Crippen LogP contribution is 2.29. The number of hydrogen-bond acceptors (Lipinski definition) is 4. The van der Waals surface area contributed by atoms with Gasteiger partial charge in [0.1, 0.15) is 11.5 Å². The van der Waals surface area contributed by atoms with Crippen molar-refractivity contribution in [3.63, 3.8) is 0 Å². The van der Waals surface area contributed by atoms with Crippen LogP contribution in [0.3, 0.4) is 0 Å². The number of carbonyl (C=O) groups excluding carboxylic acids is 1. The smallest absolute Gasteiger partial charge is 0.311 e. The van der Waals surface area contributed by atoms with Gasteiger partial charge < -0.3 is 14.2 Å². The molecule has 0 saturated heterocycles. The van der Waals surface area contributed by atoms with E-state index in [1.165, 1.54) is 12.0 Å². The third-order valence-corrected chi connectivity index (χ3v) is 5.18. The second-order valence-corrected chi connectivity index (χ2v) is 8.80. The van der Waals surface area contributed by atoms with Gasteiger partial charge in [-0.15, -0.1) is 0 Å². The van der Waals surface area contributed by atoms with Crippen LogP contribution in [0.1, 0.15) is 71.8 Å². The number of rotatable bonds is 13. The maximum absolute atomic E-state index is 12.0. The standard InChI is InChI=1S/C27H38O4/c1-6-22(19-20(2)3)23-14-16-25(17-15-23)31-27(21(4)5)29-18-10-13-26(28)30-24-11-8-7-9-12-24/h7-9,11-12,14-17,20-22,27H,6,10,13,18-19H2,1-5H3. The number of carbonyl (C=O) groups is 1. The van der Waals surface area contributed by atoms with Crippen LogP contribution in [-0.2, 0) is 9.53 Å². The summed E-state index contributed by atoms with van der Waals surface area (Å²) >= 11 is 0. The molecule has 0 heterocycles. The lowest BCUT2D eigenvalue weighted by molar-refractivity contribution is -0.136. The summed E-state index contributed by atoms with van der Waals surface area (Å²) in [5.41, 5.74) is 1.36. The first-order valence-electron chi connectivity index (χ1n) is 11.5. The van der Waals surface area contributed by atoms with Gasteiger partial charge in [0.05, 0.1) is 6.61 Å². The molecule has 0 bridgehead atoms. The van der Waals surface area contributed by atoms with Crippen LogP contribution in [0.2, 0.25) is 0 Å². The van der Waals surface area contributed by atoms with Crippen LogP contribution in [0, 0.1) is 11.8 Å². The highest BCUT2D eigenvalue weighted by molar-refractivity contribution is 5.72. The van der Waals surface area contributed by atoms with E-state index in [1.807, 2.05) is 30.3 Å². The van der Waals surface area contributed by atoms with Crippen molar-refractivity contribution in [3.8, 4) is 11.5 Å². The van der Waals surface area contributed by atoms with Crippen LogP contribution in [0.15, 0.2) is 54.6 Å². The van der Waals surface area contributed by atoms with Gasteiger partial charge in [0, 0.05) is 12.3 Å². The molecule has 2 unspecified atom stereocenters. The van der Waals surface area contributed by atoms with E-state index in [2.05, 4.69) is 46.8 Å². The predicted octanol–water partition coefficient (Wildman–Crippen LogP) is 6.99. The Morgan fingerprint density at radius 2 is 1.58 bits per heavy atom. The van der Waals surface area contributed by atoms with E-state index in [0.717, 1.165) is 12.2 Å². The Morgan fingerprint density at radius 1 is 0.903 bits per heavy atom. The third kappa shape index (κ3) is 9.14. The zero-order valence-corrected chi connectivity index (χ0v) is 19.7. The first-order chi connectivity index (χ1) is 14.9. The van der Waals surface area contributed by atoms with Crippen LogP contribution < -0.4 is 9.47 Å². The molecule has 2 aromatic carbocycles. The Hall–Kier alpha value is -2.33. The van der Waals surface area contributed by atoms with E-state index in [4.69, 9.17) is 14.2 Å². The molecular weight excluding hydrogens is 388 g/mol. The van der Waals surface area contributed by atoms with Crippen LogP contribution in [0.25, 0.3) is 0 Å². The van der Waals surface area contributed by atoms with Crippen LogP contribution in [-0.4, -0.2) is 18.9 Å². The van der Waals surface area contributed by atoms with E-state index in [1.54, 1.807) is 12.1 Å². The number of ether oxygens (including phenoxy) is 3.